The highest BCUT2D eigenvalue weighted by molar-refractivity contribution is 6.03. The maximum absolute atomic E-state index is 11.6. The minimum atomic E-state index is -0.757. The zero-order valence-electron chi connectivity index (χ0n) is 17.3. The second-order valence-electron chi connectivity index (χ2n) is 7.61. The minimum Gasteiger partial charge on any atom is -0.350 e. The second kappa shape index (κ2) is 9.26. The molecule has 0 bridgehead atoms. The van der Waals surface area contributed by atoms with E-state index < -0.39 is 6.03 Å². The molecule has 0 spiro atoms. The Morgan fingerprint density at radius 2 is 1.53 bits per heavy atom. The van der Waals surface area contributed by atoms with Crippen molar-refractivity contribution < 1.29 is 9.72 Å². The third-order valence-corrected chi connectivity index (χ3v) is 5.51. The standard InChI is InChI=1S/C25H22N4O3/c26-25(30)28-27-22-15-20(14-21(16-22)23-8-4-5-9-24(23)29(31)32)19-12-10-18(11-13-19)17-6-2-1-3-7-17/h1-13,15,21H,14,16H2,(H3,26,28,30)/b27-22-. The fourth-order valence-electron chi connectivity index (χ4n) is 4.04. The first-order valence-electron chi connectivity index (χ1n) is 10.2. The molecular formula is C25H22N4O3. The molecule has 0 heterocycles. The molecule has 0 radical (unpaired) electrons. The zero-order valence-corrected chi connectivity index (χ0v) is 17.3. The number of primary amides is 1. The molecule has 1 aliphatic carbocycles. The first-order chi connectivity index (χ1) is 15.5. The van der Waals surface area contributed by atoms with E-state index in [4.69, 9.17) is 5.73 Å². The number of nitrogens with zero attached hydrogens (tertiary/aromatic N) is 2. The zero-order chi connectivity index (χ0) is 22.5. The Morgan fingerprint density at radius 1 is 0.906 bits per heavy atom. The van der Waals surface area contributed by atoms with Crippen molar-refractivity contribution in [3.8, 4) is 11.1 Å². The Labute approximate surface area is 185 Å². The molecule has 1 unspecified atom stereocenters. The summed E-state index contributed by atoms with van der Waals surface area (Å²) in [6, 6.07) is 24.3. The predicted octanol–water partition coefficient (Wildman–Crippen LogP) is 5.25. The molecule has 0 saturated carbocycles. The summed E-state index contributed by atoms with van der Waals surface area (Å²) >= 11 is 0. The first kappa shape index (κ1) is 21.0. The summed E-state index contributed by atoms with van der Waals surface area (Å²) < 4.78 is 0. The molecule has 3 aromatic rings. The van der Waals surface area contributed by atoms with Crippen LogP contribution in [0.5, 0.6) is 0 Å². The van der Waals surface area contributed by atoms with Crippen molar-refractivity contribution in [1.82, 2.24) is 5.43 Å². The van der Waals surface area contributed by atoms with Gasteiger partial charge in [-0.1, -0.05) is 72.8 Å². The second-order valence-corrected chi connectivity index (χ2v) is 7.61. The average Bonchev–Trinajstić information content (AvgIpc) is 2.83. The molecule has 3 N–H and O–H groups in total. The van der Waals surface area contributed by atoms with Gasteiger partial charge in [0.05, 0.1) is 10.6 Å². The number of benzene rings is 3. The smallest absolute Gasteiger partial charge is 0.332 e. The van der Waals surface area contributed by atoms with E-state index in [0.29, 0.717) is 24.1 Å². The van der Waals surface area contributed by atoms with Gasteiger partial charge < -0.3 is 5.73 Å². The van der Waals surface area contributed by atoms with Crippen molar-refractivity contribution in [2.24, 2.45) is 10.8 Å². The van der Waals surface area contributed by atoms with E-state index >= 15 is 0 Å². The van der Waals surface area contributed by atoms with Crippen LogP contribution in [-0.4, -0.2) is 16.7 Å². The van der Waals surface area contributed by atoms with Crippen LogP contribution < -0.4 is 11.2 Å². The van der Waals surface area contributed by atoms with Crippen LogP contribution in [0.3, 0.4) is 0 Å². The van der Waals surface area contributed by atoms with Crippen LogP contribution in [0.2, 0.25) is 0 Å². The van der Waals surface area contributed by atoms with E-state index in [2.05, 4.69) is 34.8 Å². The van der Waals surface area contributed by atoms with Gasteiger partial charge in [0.25, 0.3) is 5.69 Å². The number of nitro benzene ring substituents is 1. The summed E-state index contributed by atoms with van der Waals surface area (Å²) in [4.78, 5) is 22.4. The van der Waals surface area contributed by atoms with Gasteiger partial charge in [0.2, 0.25) is 0 Å². The van der Waals surface area contributed by atoms with Gasteiger partial charge >= 0.3 is 6.03 Å². The van der Waals surface area contributed by atoms with Crippen LogP contribution in [0.1, 0.15) is 29.9 Å². The third kappa shape index (κ3) is 4.73. The highest BCUT2D eigenvalue weighted by Crippen LogP contribution is 2.40. The van der Waals surface area contributed by atoms with E-state index in [1.165, 1.54) is 6.07 Å². The summed E-state index contributed by atoms with van der Waals surface area (Å²) in [6.45, 7) is 0. The van der Waals surface area contributed by atoms with E-state index in [1.54, 1.807) is 18.2 Å². The number of carbonyl (C=O) groups excluding carboxylic acids is 1. The summed E-state index contributed by atoms with van der Waals surface area (Å²) in [7, 11) is 0. The molecule has 0 fully saturated rings. The molecular weight excluding hydrogens is 404 g/mol. The molecule has 7 nitrogen and oxygen atoms in total. The number of urea groups is 1. The lowest BCUT2D eigenvalue weighted by atomic mass is 9.80. The molecule has 160 valence electrons. The number of nitrogens with two attached hydrogens (primary N) is 1. The van der Waals surface area contributed by atoms with Crippen LogP contribution in [0.25, 0.3) is 16.7 Å². The average molecular weight is 426 g/mol. The molecule has 4 rings (SSSR count). The number of hydrogen-bond donors (Lipinski definition) is 2. The van der Waals surface area contributed by atoms with Crippen molar-refractivity contribution in [1.29, 1.82) is 0 Å². The summed E-state index contributed by atoms with van der Waals surface area (Å²) in [5.74, 6) is -0.154. The highest BCUT2D eigenvalue weighted by atomic mass is 16.6. The SMILES string of the molecule is NC(=O)N/N=C1/C=C(c2ccc(-c3ccccc3)cc2)CC(c2ccccc2[N+](=O)[O-])C1. The molecule has 32 heavy (non-hydrogen) atoms. The lowest BCUT2D eigenvalue weighted by Gasteiger charge is -2.24. The van der Waals surface area contributed by atoms with Crippen molar-refractivity contribution in [2.45, 2.75) is 18.8 Å². The molecule has 1 aliphatic rings. The maximum atomic E-state index is 11.6. The quantitative estimate of drug-likeness (QED) is 0.429. The number of hydrogen-bond acceptors (Lipinski definition) is 4. The van der Waals surface area contributed by atoms with Crippen molar-refractivity contribution in [2.75, 3.05) is 0 Å². The molecule has 0 saturated heterocycles. The molecule has 0 aliphatic heterocycles. The van der Waals surface area contributed by atoms with Gasteiger partial charge in [-0.15, -0.1) is 0 Å². The largest absolute Gasteiger partial charge is 0.350 e. The van der Waals surface area contributed by atoms with Crippen molar-refractivity contribution >= 4 is 23.0 Å². The van der Waals surface area contributed by atoms with E-state index in [1.807, 2.05) is 36.4 Å². The normalized spacial score (nSPS) is 16.9. The van der Waals surface area contributed by atoms with Gasteiger partial charge in [-0.2, -0.15) is 5.10 Å². The van der Waals surface area contributed by atoms with Gasteiger partial charge in [0.15, 0.2) is 0 Å². The molecule has 7 heteroatoms. The van der Waals surface area contributed by atoms with Gasteiger partial charge in [-0.05, 0) is 41.2 Å². The predicted molar refractivity (Wildman–Crippen MR) is 125 cm³/mol. The monoisotopic (exact) mass is 426 g/mol. The number of nitro groups is 1. The number of rotatable bonds is 5. The fourth-order valence-corrected chi connectivity index (χ4v) is 4.04. The number of carbonyl (C=O) groups is 1. The molecule has 1 atom stereocenters. The van der Waals surface area contributed by atoms with Crippen molar-refractivity contribution in [3.05, 3.63) is 106 Å². The maximum Gasteiger partial charge on any atom is 0.332 e. The summed E-state index contributed by atoms with van der Waals surface area (Å²) in [5.41, 5.74) is 13.0. The van der Waals surface area contributed by atoms with E-state index in [-0.39, 0.29) is 16.5 Å². The first-order valence-corrected chi connectivity index (χ1v) is 10.2. The van der Waals surface area contributed by atoms with E-state index in [0.717, 1.165) is 22.3 Å². The Balaban J connectivity index is 1.69. The number of nitrogens with one attached hydrogen (secondary N) is 1. The van der Waals surface area contributed by atoms with E-state index in [9.17, 15) is 14.9 Å². The van der Waals surface area contributed by atoms with Crippen LogP contribution in [0.15, 0.2) is 90.0 Å². The highest BCUT2D eigenvalue weighted by Gasteiger charge is 2.27. The van der Waals surface area contributed by atoms with Crippen LogP contribution >= 0.6 is 0 Å². The Morgan fingerprint density at radius 3 is 2.22 bits per heavy atom. The number of para-hydroxylation sites is 1. The summed E-state index contributed by atoms with van der Waals surface area (Å²) in [6.07, 6.45) is 2.99. The molecule has 0 aromatic heterocycles. The van der Waals surface area contributed by atoms with Gasteiger partial charge in [-0.25, -0.2) is 10.2 Å². The number of allylic oxidation sites excluding steroid dienone is 2. The Kier molecular flexibility index (Phi) is 6.07. The molecule has 2 amide bonds. The number of amides is 2. The third-order valence-electron chi connectivity index (χ3n) is 5.51. The lowest BCUT2D eigenvalue weighted by molar-refractivity contribution is -0.385. The Bertz CT molecular complexity index is 1200. The molecule has 3 aromatic carbocycles. The fraction of sp³-hybridized carbons (Fsp3) is 0.120. The topological polar surface area (TPSA) is 111 Å². The minimum absolute atomic E-state index is 0.0837. The van der Waals surface area contributed by atoms with Crippen LogP contribution in [0.4, 0.5) is 10.5 Å². The van der Waals surface area contributed by atoms with Gasteiger partial charge in [0.1, 0.15) is 0 Å². The van der Waals surface area contributed by atoms with Crippen LogP contribution in [-0.2, 0) is 0 Å². The Hall–Kier alpha value is -4.26. The lowest BCUT2D eigenvalue weighted by Crippen LogP contribution is -2.26. The van der Waals surface area contributed by atoms with Crippen LogP contribution in [0, 0.1) is 10.1 Å². The van der Waals surface area contributed by atoms with Crippen molar-refractivity contribution in [3.63, 3.8) is 0 Å². The van der Waals surface area contributed by atoms with Gasteiger partial charge in [-0.3, -0.25) is 10.1 Å². The number of hydrazone groups is 1. The van der Waals surface area contributed by atoms with Gasteiger partial charge in [0, 0.05) is 17.5 Å². The summed E-state index contributed by atoms with van der Waals surface area (Å²) in [5, 5.41) is 15.7.